The van der Waals surface area contributed by atoms with Crippen LogP contribution in [0.15, 0.2) is 47.0 Å². The van der Waals surface area contributed by atoms with Crippen molar-refractivity contribution in [3.63, 3.8) is 0 Å². The highest BCUT2D eigenvalue weighted by Crippen LogP contribution is 2.25. The lowest BCUT2D eigenvalue weighted by molar-refractivity contribution is -0.116. The number of carbonyl (C=O) groups is 1. The average molecular weight is 419 g/mol. The Kier molecular flexibility index (Phi) is 7.85. The Morgan fingerprint density at radius 3 is 2.62 bits per heavy atom. The second-order valence-corrected chi connectivity index (χ2v) is 5.97. The van der Waals surface area contributed by atoms with Gasteiger partial charge in [-0.25, -0.2) is 0 Å². The van der Waals surface area contributed by atoms with Gasteiger partial charge in [-0.15, -0.1) is 12.4 Å². The third-order valence-corrected chi connectivity index (χ3v) is 3.97. The van der Waals surface area contributed by atoms with E-state index in [1.54, 1.807) is 18.2 Å². The van der Waals surface area contributed by atoms with Crippen LogP contribution in [0, 0.1) is 0 Å². The van der Waals surface area contributed by atoms with E-state index in [-0.39, 0.29) is 24.7 Å². The smallest absolute Gasteiger partial charge is 0.227 e. The van der Waals surface area contributed by atoms with E-state index in [0.717, 1.165) is 11.3 Å². The maximum absolute atomic E-state index is 12.1. The molecule has 2 aromatic carbocycles. The Bertz CT molecular complexity index is 944. The van der Waals surface area contributed by atoms with Crippen LogP contribution in [0.25, 0.3) is 11.4 Å². The molecule has 0 aliphatic rings. The SMILES string of the molecule is CCOc1ccc(-c2noc(CCC(=O)Nc3ccc(OC)c(N)c3)n2)cc1.Cl. The van der Waals surface area contributed by atoms with E-state index >= 15 is 0 Å². The van der Waals surface area contributed by atoms with Crippen molar-refractivity contribution < 1.29 is 18.8 Å². The molecule has 154 valence electrons. The monoisotopic (exact) mass is 418 g/mol. The minimum Gasteiger partial charge on any atom is -0.495 e. The zero-order valence-corrected chi connectivity index (χ0v) is 17.0. The second kappa shape index (κ2) is 10.3. The first kappa shape index (κ1) is 22.0. The van der Waals surface area contributed by atoms with Gasteiger partial charge in [0, 0.05) is 24.1 Å². The fraction of sp³-hybridized carbons (Fsp3) is 0.250. The lowest BCUT2D eigenvalue weighted by atomic mass is 10.2. The van der Waals surface area contributed by atoms with Crippen molar-refractivity contribution in [3.8, 4) is 22.9 Å². The molecule has 29 heavy (non-hydrogen) atoms. The number of hydrogen-bond donors (Lipinski definition) is 2. The number of benzene rings is 2. The number of hydrogen-bond acceptors (Lipinski definition) is 7. The highest BCUT2D eigenvalue weighted by atomic mass is 35.5. The van der Waals surface area contributed by atoms with Gasteiger partial charge in [-0.05, 0) is 49.4 Å². The van der Waals surface area contributed by atoms with Gasteiger partial charge < -0.3 is 25.0 Å². The normalized spacial score (nSPS) is 10.1. The zero-order valence-electron chi connectivity index (χ0n) is 16.2. The lowest BCUT2D eigenvalue weighted by Gasteiger charge is -2.08. The minimum atomic E-state index is -0.176. The summed E-state index contributed by atoms with van der Waals surface area (Å²) in [6.45, 7) is 2.54. The fourth-order valence-electron chi connectivity index (χ4n) is 2.60. The number of ether oxygens (including phenoxy) is 2. The van der Waals surface area contributed by atoms with E-state index in [2.05, 4.69) is 15.5 Å². The average Bonchev–Trinajstić information content (AvgIpc) is 3.16. The van der Waals surface area contributed by atoms with Gasteiger partial charge in [-0.3, -0.25) is 4.79 Å². The molecule has 0 aliphatic carbocycles. The maximum Gasteiger partial charge on any atom is 0.227 e. The van der Waals surface area contributed by atoms with E-state index in [0.29, 0.717) is 41.9 Å². The van der Waals surface area contributed by atoms with Gasteiger partial charge in [0.1, 0.15) is 11.5 Å². The van der Waals surface area contributed by atoms with Crippen LogP contribution >= 0.6 is 12.4 Å². The highest BCUT2D eigenvalue weighted by molar-refractivity contribution is 5.91. The molecule has 1 amide bonds. The number of methoxy groups -OCH3 is 1. The van der Waals surface area contributed by atoms with Gasteiger partial charge in [-0.1, -0.05) is 5.16 Å². The van der Waals surface area contributed by atoms with E-state index in [4.69, 9.17) is 19.7 Å². The standard InChI is InChI=1S/C20H22N4O4.ClH/c1-3-27-15-7-4-13(5-8-15)20-23-19(28-24-20)11-10-18(25)22-14-6-9-17(26-2)16(21)12-14;/h4-9,12H,3,10-11,21H2,1-2H3,(H,22,25);1H. The molecule has 0 saturated heterocycles. The van der Waals surface area contributed by atoms with Crippen molar-refractivity contribution in [1.29, 1.82) is 0 Å². The van der Waals surface area contributed by atoms with Crippen molar-refractivity contribution in [2.75, 3.05) is 24.8 Å². The lowest BCUT2D eigenvalue weighted by Crippen LogP contribution is -2.12. The van der Waals surface area contributed by atoms with E-state index < -0.39 is 0 Å². The van der Waals surface area contributed by atoms with Crippen LogP contribution in [0.4, 0.5) is 11.4 Å². The molecule has 0 saturated carbocycles. The summed E-state index contributed by atoms with van der Waals surface area (Å²) in [5.41, 5.74) is 7.71. The van der Waals surface area contributed by atoms with Crippen molar-refractivity contribution in [3.05, 3.63) is 48.4 Å². The Morgan fingerprint density at radius 1 is 1.21 bits per heavy atom. The first-order chi connectivity index (χ1) is 13.6. The molecule has 0 radical (unpaired) electrons. The highest BCUT2D eigenvalue weighted by Gasteiger charge is 2.11. The summed E-state index contributed by atoms with van der Waals surface area (Å²) >= 11 is 0. The molecule has 3 rings (SSSR count). The Labute approximate surface area is 174 Å². The van der Waals surface area contributed by atoms with Gasteiger partial charge in [0.2, 0.25) is 17.6 Å². The summed E-state index contributed by atoms with van der Waals surface area (Å²) < 4.78 is 15.7. The number of nitrogens with two attached hydrogens (primary N) is 1. The number of nitrogen functional groups attached to an aromatic ring is 1. The van der Waals surface area contributed by atoms with Crippen LogP contribution in [0.5, 0.6) is 11.5 Å². The predicted octanol–water partition coefficient (Wildman–Crippen LogP) is 3.72. The van der Waals surface area contributed by atoms with E-state index in [1.807, 2.05) is 31.2 Å². The molecule has 0 aliphatic heterocycles. The van der Waals surface area contributed by atoms with Gasteiger partial charge in [0.15, 0.2) is 0 Å². The molecule has 9 heteroatoms. The van der Waals surface area contributed by atoms with E-state index in [9.17, 15) is 4.79 Å². The minimum absolute atomic E-state index is 0. The van der Waals surface area contributed by atoms with E-state index in [1.165, 1.54) is 7.11 Å². The number of aromatic nitrogens is 2. The molecule has 3 N–H and O–H groups in total. The summed E-state index contributed by atoms with van der Waals surface area (Å²) in [6.07, 6.45) is 0.540. The van der Waals surface area contributed by atoms with Gasteiger partial charge in [0.05, 0.1) is 19.4 Å². The molecule has 0 spiro atoms. The molecule has 0 bridgehead atoms. The van der Waals surface area contributed by atoms with Gasteiger partial charge in [-0.2, -0.15) is 4.98 Å². The zero-order chi connectivity index (χ0) is 19.9. The van der Waals surface area contributed by atoms with Crippen LogP contribution in [-0.2, 0) is 11.2 Å². The Hall–Kier alpha value is -3.26. The predicted molar refractivity (Wildman–Crippen MR) is 113 cm³/mol. The van der Waals surface area contributed by atoms with Crippen molar-refractivity contribution in [1.82, 2.24) is 10.1 Å². The molecule has 0 unspecified atom stereocenters. The molecule has 1 heterocycles. The maximum atomic E-state index is 12.1. The van der Waals surface area contributed by atoms with Crippen LogP contribution in [0.3, 0.4) is 0 Å². The molecule has 8 nitrogen and oxygen atoms in total. The number of carbonyl (C=O) groups excluding carboxylic acids is 1. The van der Waals surface area contributed by atoms with Crippen LogP contribution in [0.2, 0.25) is 0 Å². The largest absolute Gasteiger partial charge is 0.495 e. The first-order valence-electron chi connectivity index (χ1n) is 8.88. The number of rotatable bonds is 8. The molecule has 0 fully saturated rings. The number of halogens is 1. The number of aryl methyl sites for hydroxylation is 1. The second-order valence-electron chi connectivity index (χ2n) is 5.97. The third kappa shape index (κ3) is 5.86. The quantitative estimate of drug-likeness (QED) is 0.536. The van der Waals surface area contributed by atoms with Crippen LogP contribution in [-0.4, -0.2) is 29.8 Å². The van der Waals surface area contributed by atoms with Gasteiger partial charge in [0.25, 0.3) is 0 Å². The van der Waals surface area contributed by atoms with Crippen LogP contribution < -0.4 is 20.5 Å². The Balaban J connectivity index is 0.00000300. The van der Waals surface area contributed by atoms with Crippen molar-refractivity contribution in [2.45, 2.75) is 19.8 Å². The number of nitrogens with one attached hydrogen (secondary N) is 1. The first-order valence-corrected chi connectivity index (χ1v) is 8.88. The summed E-state index contributed by atoms with van der Waals surface area (Å²) in [4.78, 5) is 16.5. The molecule has 3 aromatic rings. The van der Waals surface area contributed by atoms with Gasteiger partial charge >= 0.3 is 0 Å². The third-order valence-electron chi connectivity index (χ3n) is 3.97. The topological polar surface area (TPSA) is 112 Å². The molecule has 0 atom stereocenters. The summed E-state index contributed by atoms with van der Waals surface area (Å²) in [5.74, 6) is 2.04. The Morgan fingerprint density at radius 2 is 1.97 bits per heavy atom. The number of nitrogens with zero attached hydrogens (tertiary/aromatic N) is 2. The summed E-state index contributed by atoms with van der Waals surface area (Å²) in [6, 6.07) is 12.5. The fourth-order valence-corrected chi connectivity index (χ4v) is 2.60. The van der Waals surface area contributed by atoms with Crippen molar-refractivity contribution in [2.24, 2.45) is 0 Å². The molecular weight excluding hydrogens is 396 g/mol. The number of amides is 1. The van der Waals surface area contributed by atoms with Crippen LogP contribution in [0.1, 0.15) is 19.2 Å². The molecular formula is C20H23ClN4O4. The number of anilines is 2. The molecule has 1 aromatic heterocycles. The van der Waals surface area contributed by atoms with Crippen molar-refractivity contribution >= 4 is 29.7 Å². The summed E-state index contributed by atoms with van der Waals surface area (Å²) in [7, 11) is 1.54. The summed E-state index contributed by atoms with van der Waals surface area (Å²) in [5, 5.41) is 6.75.